The molecule has 9 heteroatoms. The minimum Gasteiger partial charge on any atom is -0.424 e. The molecule has 0 fully saturated rings. The van der Waals surface area contributed by atoms with Crippen molar-refractivity contribution < 1.29 is 17.9 Å². The molecular formula is C25H21F3N4O2. The van der Waals surface area contributed by atoms with Gasteiger partial charge in [0.25, 0.3) is 5.56 Å². The molecule has 0 radical (unpaired) electrons. The Morgan fingerprint density at radius 1 is 1.00 bits per heavy atom. The molecule has 0 atom stereocenters. The van der Waals surface area contributed by atoms with Gasteiger partial charge in [-0.1, -0.05) is 23.8 Å². The van der Waals surface area contributed by atoms with E-state index in [0.29, 0.717) is 11.3 Å². The number of nitrogens with zero attached hydrogens (tertiary/aromatic N) is 3. The van der Waals surface area contributed by atoms with Crippen LogP contribution in [-0.2, 0) is 12.7 Å². The summed E-state index contributed by atoms with van der Waals surface area (Å²) in [5.74, 6) is 0.393. The number of pyridine rings is 1. The van der Waals surface area contributed by atoms with E-state index in [1.165, 1.54) is 17.0 Å². The van der Waals surface area contributed by atoms with Crippen molar-refractivity contribution in [1.29, 1.82) is 0 Å². The Morgan fingerprint density at radius 3 is 2.29 bits per heavy atom. The van der Waals surface area contributed by atoms with Crippen LogP contribution in [-0.4, -0.2) is 14.5 Å². The molecule has 2 heterocycles. The van der Waals surface area contributed by atoms with Gasteiger partial charge in [0.2, 0.25) is 0 Å². The lowest BCUT2D eigenvalue weighted by Gasteiger charge is -2.19. The molecular weight excluding hydrogens is 445 g/mol. The quantitative estimate of drug-likeness (QED) is 0.428. The highest BCUT2D eigenvalue weighted by Gasteiger charge is 2.35. The fourth-order valence-electron chi connectivity index (χ4n) is 3.62. The Balaban J connectivity index is 1.81. The second-order valence-corrected chi connectivity index (χ2v) is 7.83. The van der Waals surface area contributed by atoms with Crippen LogP contribution in [0.4, 0.5) is 18.9 Å². The maximum atomic E-state index is 13.6. The first-order valence-corrected chi connectivity index (χ1v) is 10.4. The standard InChI is InChI=1S/C25H21F3N4O2/c1-15-4-5-18(16(2)12-15)14-32-21(13-20(25(26,27)28)22(29)23(32)33)17-6-8-19(9-7-17)34-24-30-10-3-11-31-24/h3-13H,14,29H2,1-2H3. The third-order valence-corrected chi connectivity index (χ3v) is 5.37. The number of nitrogen functional groups attached to an aromatic ring is 1. The lowest BCUT2D eigenvalue weighted by molar-refractivity contribution is -0.137. The van der Waals surface area contributed by atoms with Gasteiger partial charge in [-0.05, 0) is 66.9 Å². The minimum absolute atomic E-state index is 0.0682. The Hall–Kier alpha value is -4.14. The molecule has 2 aromatic carbocycles. The van der Waals surface area contributed by atoms with E-state index in [0.717, 1.165) is 22.8 Å². The Kier molecular flexibility index (Phi) is 6.10. The molecule has 0 saturated heterocycles. The highest BCUT2D eigenvalue weighted by molar-refractivity contribution is 5.65. The predicted molar refractivity (Wildman–Crippen MR) is 123 cm³/mol. The van der Waals surface area contributed by atoms with E-state index in [9.17, 15) is 18.0 Å². The molecule has 0 amide bonds. The summed E-state index contributed by atoms with van der Waals surface area (Å²) in [5.41, 5.74) is 6.01. The first kappa shape index (κ1) is 23.0. The van der Waals surface area contributed by atoms with E-state index in [2.05, 4.69) is 9.97 Å². The van der Waals surface area contributed by atoms with Crippen molar-refractivity contribution in [2.45, 2.75) is 26.6 Å². The second kappa shape index (κ2) is 9.01. The first-order valence-electron chi connectivity index (χ1n) is 10.4. The number of anilines is 1. The van der Waals surface area contributed by atoms with Gasteiger partial charge in [-0.2, -0.15) is 13.2 Å². The van der Waals surface area contributed by atoms with Crippen LogP contribution in [0.5, 0.6) is 11.8 Å². The van der Waals surface area contributed by atoms with E-state index in [4.69, 9.17) is 10.5 Å². The smallest absolute Gasteiger partial charge is 0.418 e. The minimum atomic E-state index is -4.77. The predicted octanol–water partition coefficient (Wildman–Crippen LogP) is 5.36. The Morgan fingerprint density at radius 2 is 1.68 bits per heavy atom. The van der Waals surface area contributed by atoms with Gasteiger partial charge >= 0.3 is 12.2 Å². The van der Waals surface area contributed by atoms with E-state index in [-0.39, 0.29) is 18.2 Å². The molecule has 0 aliphatic rings. The van der Waals surface area contributed by atoms with Gasteiger partial charge in [0.05, 0.1) is 17.8 Å². The molecule has 2 aromatic heterocycles. The number of hydrogen-bond acceptors (Lipinski definition) is 5. The third kappa shape index (κ3) is 4.78. The first-order chi connectivity index (χ1) is 16.1. The van der Waals surface area contributed by atoms with Crippen molar-refractivity contribution in [3.8, 4) is 23.0 Å². The highest BCUT2D eigenvalue weighted by Crippen LogP contribution is 2.35. The van der Waals surface area contributed by atoms with Crippen molar-refractivity contribution >= 4 is 5.69 Å². The van der Waals surface area contributed by atoms with Gasteiger partial charge in [0.1, 0.15) is 11.4 Å². The molecule has 0 unspecified atom stereocenters. The zero-order valence-electron chi connectivity index (χ0n) is 18.4. The fourth-order valence-corrected chi connectivity index (χ4v) is 3.62. The number of nitrogens with two attached hydrogens (primary N) is 1. The van der Waals surface area contributed by atoms with Crippen LogP contribution in [0.1, 0.15) is 22.3 Å². The van der Waals surface area contributed by atoms with Gasteiger partial charge in [-0.15, -0.1) is 0 Å². The van der Waals surface area contributed by atoms with Crippen LogP contribution in [0.25, 0.3) is 11.3 Å². The van der Waals surface area contributed by atoms with Gasteiger partial charge in [-0.3, -0.25) is 4.79 Å². The van der Waals surface area contributed by atoms with Crippen LogP contribution >= 0.6 is 0 Å². The third-order valence-electron chi connectivity index (χ3n) is 5.37. The molecule has 0 spiro atoms. The highest BCUT2D eigenvalue weighted by atomic mass is 19.4. The number of ether oxygens (including phenoxy) is 1. The summed E-state index contributed by atoms with van der Waals surface area (Å²) in [6.45, 7) is 3.89. The molecule has 0 aliphatic heterocycles. The second-order valence-electron chi connectivity index (χ2n) is 7.83. The summed E-state index contributed by atoms with van der Waals surface area (Å²) in [6, 6.07) is 14.7. The monoisotopic (exact) mass is 466 g/mol. The van der Waals surface area contributed by atoms with Crippen molar-refractivity contribution in [1.82, 2.24) is 14.5 Å². The van der Waals surface area contributed by atoms with E-state index in [1.54, 1.807) is 30.3 Å². The topological polar surface area (TPSA) is 83.0 Å². The van der Waals surface area contributed by atoms with Gasteiger partial charge in [-0.25, -0.2) is 9.97 Å². The van der Waals surface area contributed by atoms with Gasteiger partial charge in [0, 0.05) is 12.4 Å². The summed E-state index contributed by atoms with van der Waals surface area (Å²) < 4.78 is 47.7. The summed E-state index contributed by atoms with van der Waals surface area (Å²) in [7, 11) is 0. The summed E-state index contributed by atoms with van der Waals surface area (Å²) in [4.78, 5) is 21.0. The molecule has 6 nitrogen and oxygen atoms in total. The van der Waals surface area contributed by atoms with Crippen LogP contribution in [0.15, 0.2) is 71.8 Å². The lowest BCUT2D eigenvalue weighted by Crippen LogP contribution is -2.29. The molecule has 4 aromatic rings. The SMILES string of the molecule is Cc1ccc(Cn2c(-c3ccc(Oc4ncccn4)cc3)cc(C(F)(F)F)c(N)c2=O)c(C)c1. The maximum Gasteiger partial charge on any atom is 0.418 e. The number of rotatable bonds is 5. The van der Waals surface area contributed by atoms with E-state index in [1.807, 2.05) is 32.0 Å². The Bertz CT molecular complexity index is 1380. The number of halogens is 3. The van der Waals surface area contributed by atoms with Crippen molar-refractivity contribution in [2.24, 2.45) is 0 Å². The molecule has 34 heavy (non-hydrogen) atoms. The number of benzene rings is 2. The Labute approximate surface area is 193 Å². The van der Waals surface area contributed by atoms with E-state index >= 15 is 0 Å². The van der Waals surface area contributed by atoms with E-state index < -0.39 is 23.0 Å². The number of hydrogen-bond donors (Lipinski definition) is 1. The largest absolute Gasteiger partial charge is 0.424 e. The van der Waals surface area contributed by atoms with Crippen LogP contribution in [0, 0.1) is 13.8 Å². The van der Waals surface area contributed by atoms with Crippen LogP contribution in [0.2, 0.25) is 0 Å². The van der Waals surface area contributed by atoms with Gasteiger partial charge < -0.3 is 15.0 Å². The molecule has 0 bridgehead atoms. The molecule has 2 N–H and O–H groups in total. The molecule has 4 rings (SSSR count). The zero-order valence-corrected chi connectivity index (χ0v) is 18.4. The van der Waals surface area contributed by atoms with Crippen LogP contribution < -0.4 is 16.0 Å². The summed E-state index contributed by atoms with van der Waals surface area (Å²) in [6.07, 6.45) is -1.73. The molecule has 0 saturated carbocycles. The normalized spacial score (nSPS) is 11.4. The molecule has 0 aliphatic carbocycles. The average molecular weight is 466 g/mol. The number of aryl methyl sites for hydroxylation is 2. The van der Waals surface area contributed by atoms with Crippen molar-refractivity contribution in [3.05, 3.63) is 99.6 Å². The summed E-state index contributed by atoms with van der Waals surface area (Å²) >= 11 is 0. The number of aromatic nitrogens is 3. The van der Waals surface area contributed by atoms with Crippen molar-refractivity contribution in [2.75, 3.05) is 5.73 Å². The van der Waals surface area contributed by atoms with Gasteiger partial charge in [0.15, 0.2) is 0 Å². The zero-order chi connectivity index (χ0) is 24.5. The fraction of sp³-hybridized carbons (Fsp3) is 0.160. The van der Waals surface area contributed by atoms with Crippen molar-refractivity contribution in [3.63, 3.8) is 0 Å². The lowest BCUT2D eigenvalue weighted by atomic mass is 10.0. The maximum absolute atomic E-state index is 13.6. The summed E-state index contributed by atoms with van der Waals surface area (Å²) in [5, 5.41) is 0. The van der Waals surface area contributed by atoms with Crippen LogP contribution in [0.3, 0.4) is 0 Å². The molecule has 174 valence electrons. The average Bonchev–Trinajstić information content (AvgIpc) is 2.79. The number of alkyl halides is 3.